The first kappa shape index (κ1) is 24.2. The molecular weight excluding hydrogens is 435 g/mol. The molecule has 1 aromatic heterocycles. The monoisotopic (exact) mass is 468 g/mol. The Morgan fingerprint density at radius 2 is 2.06 bits per heavy atom. The summed E-state index contributed by atoms with van der Waals surface area (Å²) < 4.78 is 31.1. The first-order valence-electron chi connectivity index (χ1n) is 11.9. The van der Waals surface area contributed by atoms with Crippen LogP contribution >= 0.6 is 0 Å². The SMILES string of the molecule is COc1cc2ncnc(Nc3ccc(F)c(C)c3)c2cc1OCCCN1CCCOC(C)CC1. The quantitative estimate of drug-likeness (QED) is 0.461. The Morgan fingerprint density at radius 1 is 1.18 bits per heavy atom. The first-order valence-corrected chi connectivity index (χ1v) is 11.9. The molecule has 4 rings (SSSR count). The normalized spacial score (nSPS) is 17.2. The number of fused-ring (bicyclic) bond motifs is 1. The van der Waals surface area contributed by atoms with E-state index in [-0.39, 0.29) is 5.82 Å². The number of anilines is 2. The zero-order chi connectivity index (χ0) is 23.9. The van der Waals surface area contributed by atoms with Gasteiger partial charge < -0.3 is 24.4 Å². The minimum atomic E-state index is -0.239. The van der Waals surface area contributed by atoms with Gasteiger partial charge in [0.15, 0.2) is 11.5 Å². The lowest BCUT2D eigenvalue weighted by Crippen LogP contribution is -2.33. The van der Waals surface area contributed by atoms with Gasteiger partial charge in [-0.1, -0.05) is 0 Å². The average Bonchev–Trinajstić information content (AvgIpc) is 2.82. The molecule has 1 unspecified atom stereocenters. The largest absolute Gasteiger partial charge is 0.493 e. The van der Waals surface area contributed by atoms with E-state index in [1.165, 1.54) is 12.4 Å². The van der Waals surface area contributed by atoms with E-state index >= 15 is 0 Å². The summed E-state index contributed by atoms with van der Waals surface area (Å²) in [4.78, 5) is 11.3. The molecule has 1 fully saturated rings. The molecule has 2 heterocycles. The van der Waals surface area contributed by atoms with Gasteiger partial charge in [-0.25, -0.2) is 14.4 Å². The highest BCUT2D eigenvalue weighted by molar-refractivity contribution is 5.93. The van der Waals surface area contributed by atoms with Crippen molar-refractivity contribution in [2.75, 3.05) is 45.3 Å². The van der Waals surface area contributed by atoms with Crippen LogP contribution in [0.1, 0.15) is 31.7 Å². The fourth-order valence-electron chi connectivity index (χ4n) is 4.12. The highest BCUT2D eigenvalue weighted by Crippen LogP contribution is 2.35. The Kier molecular flexibility index (Phi) is 8.13. The highest BCUT2D eigenvalue weighted by atomic mass is 19.1. The second-order valence-electron chi connectivity index (χ2n) is 8.70. The summed E-state index contributed by atoms with van der Waals surface area (Å²) in [5.74, 6) is 1.67. The summed E-state index contributed by atoms with van der Waals surface area (Å²) in [6, 6.07) is 8.64. The third-order valence-corrected chi connectivity index (χ3v) is 6.09. The van der Waals surface area contributed by atoms with Crippen LogP contribution in [0.25, 0.3) is 10.9 Å². The van der Waals surface area contributed by atoms with Crippen molar-refractivity contribution in [2.24, 2.45) is 0 Å². The lowest BCUT2D eigenvalue weighted by atomic mass is 10.2. The van der Waals surface area contributed by atoms with Crippen molar-refractivity contribution in [3.05, 3.63) is 48.0 Å². The van der Waals surface area contributed by atoms with Crippen LogP contribution in [0, 0.1) is 12.7 Å². The number of aromatic nitrogens is 2. The molecule has 0 radical (unpaired) electrons. The minimum absolute atomic E-state index is 0.239. The molecule has 182 valence electrons. The van der Waals surface area contributed by atoms with Gasteiger partial charge in [-0.2, -0.15) is 0 Å². The van der Waals surface area contributed by atoms with Crippen LogP contribution in [-0.4, -0.2) is 60.9 Å². The first-order chi connectivity index (χ1) is 16.5. The maximum absolute atomic E-state index is 13.7. The van der Waals surface area contributed by atoms with Crippen LogP contribution in [0.4, 0.5) is 15.9 Å². The maximum atomic E-state index is 13.7. The number of aryl methyl sites for hydroxylation is 1. The van der Waals surface area contributed by atoms with Crippen LogP contribution in [0.2, 0.25) is 0 Å². The molecule has 0 bridgehead atoms. The molecule has 34 heavy (non-hydrogen) atoms. The standard InChI is InChI=1S/C26H33FN4O3/c1-18-14-20(6-7-22(18)27)30-26-21-15-25(24(32-3)16-23(21)28-17-29-26)34-13-5-10-31-9-4-12-33-19(2)8-11-31/h6-7,14-17,19H,4-5,8-13H2,1-3H3,(H,28,29,30). The lowest BCUT2D eigenvalue weighted by Gasteiger charge is -2.27. The highest BCUT2D eigenvalue weighted by Gasteiger charge is 2.14. The van der Waals surface area contributed by atoms with Crippen molar-refractivity contribution in [1.29, 1.82) is 0 Å². The molecule has 0 saturated carbocycles. The molecule has 0 aliphatic carbocycles. The van der Waals surface area contributed by atoms with E-state index < -0.39 is 0 Å². The number of benzene rings is 2. The van der Waals surface area contributed by atoms with Gasteiger partial charge in [0.05, 0.1) is 25.3 Å². The van der Waals surface area contributed by atoms with Crippen molar-refractivity contribution in [1.82, 2.24) is 14.9 Å². The number of methoxy groups -OCH3 is 1. The summed E-state index contributed by atoms with van der Waals surface area (Å²) in [5.41, 5.74) is 2.05. The van der Waals surface area contributed by atoms with E-state index in [1.807, 2.05) is 12.1 Å². The molecule has 0 spiro atoms. The van der Waals surface area contributed by atoms with Gasteiger partial charge in [0.2, 0.25) is 0 Å². The molecule has 1 aliphatic rings. The van der Waals surface area contributed by atoms with E-state index in [0.717, 1.165) is 62.1 Å². The molecule has 8 heteroatoms. The zero-order valence-electron chi connectivity index (χ0n) is 20.1. The number of nitrogens with one attached hydrogen (secondary N) is 1. The van der Waals surface area contributed by atoms with E-state index in [9.17, 15) is 4.39 Å². The van der Waals surface area contributed by atoms with E-state index in [0.29, 0.717) is 35.6 Å². The van der Waals surface area contributed by atoms with Crippen LogP contribution in [0.15, 0.2) is 36.7 Å². The lowest BCUT2D eigenvalue weighted by molar-refractivity contribution is 0.0289. The summed E-state index contributed by atoms with van der Waals surface area (Å²) in [6.07, 6.45) is 4.86. The van der Waals surface area contributed by atoms with Gasteiger partial charge >= 0.3 is 0 Å². The van der Waals surface area contributed by atoms with Crippen molar-refractivity contribution in [3.63, 3.8) is 0 Å². The predicted molar refractivity (Wildman–Crippen MR) is 132 cm³/mol. The van der Waals surface area contributed by atoms with Crippen molar-refractivity contribution in [3.8, 4) is 11.5 Å². The van der Waals surface area contributed by atoms with E-state index in [1.54, 1.807) is 26.2 Å². The summed E-state index contributed by atoms with van der Waals surface area (Å²) in [7, 11) is 1.62. The van der Waals surface area contributed by atoms with Crippen LogP contribution in [0.5, 0.6) is 11.5 Å². The van der Waals surface area contributed by atoms with E-state index in [4.69, 9.17) is 14.2 Å². The van der Waals surface area contributed by atoms with Gasteiger partial charge in [0, 0.05) is 43.4 Å². The van der Waals surface area contributed by atoms with Crippen molar-refractivity contribution >= 4 is 22.4 Å². The number of halogens is 1. The Balaban J connectivity index is 1.45. The van der Waals surface area contributed by atoms with Gasteiger partial charge in [-0.05, 0) is 62.9 Å². The number of rotatable bonds is 8. The van der Waals surface area contributed by atoms with Crippen LogP contribution in [0.3, 0.4) is 0 Å². The molecule has 1 N–H and O–H groups in total. The maximum Gasteiger partial charge on any atom is 0.162 e. The Bertz CT molecular complexity index is 1110. The number of ether oxygens (including phenoxy) is 3. The fraction of sp³-hybridized carbons (Fsp3) is 0.462. The fourth-order valence-corrected chi connectivity index (χ4v) is 4.12. The third kappa shape index (κ3) is 6.12. The van der Waals surface area contributed by atoms with E-state index in [2.05, 4.69) is 27.1 Å². The Labute approximate surface area is 200 Å². The second-order valence-corrected chi connectivity index (χ2v) is 8.70. The minimum Gasteiger partial charge on any atom is -0.493 e. The van der Waals surface area contributed by atoms with Crippen molar-refractivity contribution < 1.29 is 18.6 Å². The summed E-state index contributed by atoms with van der Waals surface area (Å²) in [6.45, 7) is 8.38. The number of hydrogen-bond acceptors (Lipinski definition) is 7. The molecule has 1 aliphatic heterocycles. The number of nitrogens with zero attached hydrogens (tertiary/aromatic N) is 3. The second kappa shape index (κ2) is 11.4. The van der Waals surface area contributed by atoms with Gasteiger partial charge in [-0.3, -0.25) is 0 Å². The van der Waals surface area contributed by atoms with Gasteiger partial charge in [-0.15, -0.1) is 0 Å². The molecule has 7 nitrogen and oxygen atoms in total. The van der Waals surface area contributed by atoms with Crippen LogP contribution in [-0.2, 0) is 4.74 Å². The molecule has 1 atom stereocenters. The van der Waals surface area contributed by atoms with Crippen LogP contribution < -0.4 is 14.8 Å². The zero-order valence-corrected chi connectivity index (χ0v) is 20.1. The molecule has 2 aromatic carbocycles. The molecule has 0 amide bonds. The molecule has 3 aromatic rings. The van der Waals surface area contributed by atoms with Gasteiger partial charge in [0.1, 0.15) is 18.0 Å². The van der Waals surface area contributed by atoms with Crippen molar-refractivity contribution in [2.45, 2.75) is 39.2 Å². The summed E-state index contributed by atoms with van der Waals surface area (Å²) in [5, 5.41) is 4.08. The van der Waals surface area contributed by atoms with Gasteiger partial charge in [0.25, 0.3) is 0 Å². The summed E-state index contributed by atoms with van der Waals surface area (Å²) >= 11 is 0. The molecular formula is C26H33FN4O3. The predicted octanol–water partition coefficient (Wildman–Crippen LogP) is 5.10. The number of hydrogen-bond donors (Lipinski definition) is 1. The molecule has 1 saturated heterocycles. The third-order valence-electron chi connectivity index (χ3n) is 6.09. The average molecular weight is 469 g/mol. The Hall–Kier alpha value is -2.97. The topological polar surface area (TPSA) is 68.7 Å². The Morgan fingerprint density at radius 3 is 2.88 bits per heavy atom. The smallest absolute Gasteiger partial charge is 0.162 e.